The summed E-state index contributed by atoms with van der Waals surface area (Å²) in [6.07, 6.45) is 0.607. The van der Waals surface area contributed by atoms with Crippen LogP contribution in [-0.2, 0) is 10.0 Å². The highest BCUT2D eigenvalue weighted by Crippen LogP contribution is 2.21. The Bertz CT molecular complexity index is 887. The lowest BCUT2D eigenvalue weighted by molar-refractivity contribution is 0.102. The molecule has 2 aromatic carbocycles. The third-order valence-corrected chi connectivity index (χ3v) is 5.38. The maximum absolute atomic E-state index is 14.2. The van der Waals surface area contributed by atoms with E-state index in [0.29, 0.717) is 11.4 Å². The van der Waals surface area contributed by atoms with Gasteiger partial charge in [0.05, 0.1) is 10.6 Å². The smallest absolute Gasteiger partial charge is 0.255 e. The van der Waals surface area contributed by atoms with Gasteiger partial charge in [-0.3, -0.25) is 4.79 Å². The van der Waals surface area contributed by atoms with Crippen molar-refractivity contribution in [3.63, 3.8) is 0 Å². The van der Waals surface area contributed by atoms with E-state index in [0.717, 1.165) is 6.07 Å². The first-order chi connectivity index (χ1) is 11.7. The van der Waals surface area contributed by atoms with Crippen molar-refractivity contribution in [2.24, 2.45) is 0 Å². The van der Waals surface area contributed by atoms with Crippen molar-refractivity contribution in [1.82, 2.24) is 4.72 Å². The molecule has 0 aliphatic carbocycles. The van der Waals surface area contributed by atoms with Crippen LogP contribution in [-0.4, -0.2) is 20.4 Å². The van der Waals surface area contributed by atoms with Gasteiger partial charge in [0, 0.05) is 16.6 Å². The van der Waals surface area contributed by atoms with Gasteiger partial charge >= 0.3 is 0 Å². The van der Waals surface area contributed by atoms with E-state index in [1.54, 1.807) is 19.1 Å². The largest absolute Gasteiger partial charge is 0.319 e. The number of sulfonamides is 1. The lowest BCUT2D eigenvalue weighted by atomic mass is 10.2. The molecule has 2 N–H and O–H groups in total. The van der Waals surface area contributed by atoms with Crippen LogP contribution in [0, 0.1) is 5.82 Å². The van der Waals surface area contributed by atoms with Gasteiger partial charge in [0.25, 0.3) is 5.91 Å². The minimum atomic E-state index is -3.82. The minimum absolute atomic E-state index is 0.118. The van der Waals surface area contributed by atoms with Crippen LogP contribution >= 0.6 is 11.6 Å². The minimum Gasteiger partial charge on any atom is -0.319 e. The molecule has 0 saturated carbocycles. The average Bonchev–Trinajstić information content (AvgIpc) is 2.56. The van der Waals surface area contributed by atoms with E-state index in [2.05, 4.69) is 10.0 Å². The van der Waals surface area contributed by atoms with Crippen LogP contribution < -0.4 is 10.0 Å². The van der Waals surface area contributed by atoms with Crippen molar-refractivity contribution in [2.45, 2.75) is 31.2 Å². The molecule has 134 valence electrons. The molecule has 0 aliphatic rings. The number of hydrogen-bond acceptors (Lipinski definition) is 3. The van der Waals surface area contributed by atoms with E-state index in [-0.39, 0.29) is 22.2 Å². The Morgan fingerprint density at radius 2 is 1.96 bits per heavy atom. The van der Waals surface area contributed by atoms with Crippen LogP contribution in [0.25, 0.3) is 0 Å². The lowest BCUT2D eigenvalue weighted by Crippen LogP contribution is -2.32. The molecule has 1 unspecified atom stereocenters. The van der Waals surface area contributed by atoms with E-state index in [9.17, 15) is 17.6 Å². The SMILES string of the molecule is CCC(C)NS(=O)(=O)c1ccc(NC(=O)c2cccc(Cl)c2)c(F)c1. The number of hydrogen-bond donors (Lipinski definition) is 2. The fraction of sp³-hybridized carbons (Fsp3) is 0.235. The number of nitrogens with one attached hydrogen (secondary N) is 2. The van der Waals surface area contributed by atoms with Gasteiger partial charge in [-0.2, -0.15) is 0 Å². The topological polar surface area (TPSA) is 75.3 Å². The molecule has 2 rings (SSSR count). The van der Waals surface area contributed by atoms with Gasteiger partial charge in [-0.15, -0.1) is 0 Å². The summed E-state index contributed by atoms with van der Waals surface area (Å²) in [5.41, 5.74) is 0.148. The molecule has 5 nitrogen and oxygen atoms in total. The monoisotopic (exact) mass is 384 g/mol. The number of benzene rings is 2. The van der Waals surface area contributed by atoms with Gasteiger partial charge in [0.1, 0.15) is 5.82 Å². The predicted octanol–water partition coefficient (Wildman–Crippen LogP) is 3.81. The maximum atomic E-state index is 14.2. The summed E-state index contributed by atoms with van der Waals surface area (Å²) in [6.45, 7) is 3.55. The Kier molecular flexibility index (Phi) is 6.16. The molecule has 8 heteroatoms. The molecule has 0 bridgehead atoms. The molecule has 0 fully saturated rings. The quantitative estimate of drug-likeness (QED) is 0.795. The normalized spacial score (nSPS) is 12.6. The van der Waals surface area contributed by atoms with Gasteiger partial charge in [-0.25, -0.2) is 17.5 Å². The Hall–Kier alpha value is -1.96. The second-order valence-corrected chi connectivity index (χ2v) is 7.69. The van der Waals surface area contributed by atoms with Crippen LogP contribution in [0.4, 0.5) is 10.1 Å². The number of anilines is 1. The lowest BCUT2D eigenvalue weighted by Gasteiger charge is -2.13. The first-order valence-corrected chi connectivity index (χ1v) is 9.48. The summed E-state index contributed by atoms with van der Waals surface area (Å²) in [4.78, 5) is 11.9. The van der Waals surface area contributed by atoms with Gasteiger partial charge in [0.2, 0.25) is 10.0 Å². The fourth-order valence-electron chi connectivity index (χ4n) is 2.00. The molecule has 0 radical (unpaired) electrons. The molecule has 0 saturated heterocycles. The second-order valence-electron chi connectivity index (χ2n) is 5.54. The number of rotatable bonds is 6. The molecular formula is C17H18ClFN2O3S. The van der Waals surface area contributed by atoms with E-state index < -0.39 is 21.7 Å². The zero-order chi connectivity index (χ0) is 18.6. The van der Waals surface area contributed by atoms with Crippen LogP contribution in [0.1, 0.15) is 30.6 Å². The van der Waals surface area contributed by atoms with Crippen molar-refractivity contribution in [1.29, 1.82) is 0 Å². The highest BCUT2D eigenvalue weighted by atomic mass is 35.5. The van der Waals surface area contributed by atoms with E-state index in [1.807, 2.05) is 6.92 Å². The highest BCUT2D eigenvalue weighted by molar-refractivity contribution is 7.89. The molecule has 0 heterocycles. The summed E-state index contributed by atoms with van der Waals surface area (Å²) in [5, 5.41) is 2.78. The molecule has 1 amide bonds. The second kappa shape index (κ2) is 7.95. The van der Waals surface area contributed by atoms with Crippen molar-refractivity contribution in [3.8, 4) is 0 Å². The first kappa shape index (κ1) is 19.4. The van der Waals surface area contributed by atoms with Crippen molar-refractivity contribution in [3.05, 3.63) is 58.9 Å². The summed E-state index contributed by atoms with van der Waals surface area (Å²) in [6, 6.07) is 9.25. The van der Waals surface area contributed by atoms with Crippen molar-refractivity contribution < 1.29 is 17.6 Å². The van der Waals surface area contributed by atoms with Crippen LogP contribution in [0.15, 0.2) is 47.4 Å². The molecule has 0 aliphatic heterocycles. The summed E-state index contributed by atoms with van der Waals surface area (Å²) >= 11 is 5.82. The highest BCUT2D eigenvalue weighted by Gasteiger charge is 2.19. The van der Waals surface area contributed by atoms with E-state index in [1.165, 1.54) is 24.3 Å². The Labute approximate surface area is 151 Å². The molecule has 0 aromatic heterocycles. The van der Waals surface area contributed by atoms with Crippen LogP contribution in [0.2, 0.25) is 5.02 Å². The van der Waals surface area contributed by atoms with Crippen LogP contribution in [0.5, 0.6) is 0 Å². The summed E-state index contributed by atoms with van der Waals surface area (Å²) in [5.74, 6) is -1.39. The van der Waals surface area contributed by atoms with Gasteiger partial charge in [0.15, 0.2) is 0 Å². The Balaban J connectivity index is 2.21. The molecule has 25 heavy (non-hydrogen) atoms. The Morgan fingerprint density at radius 1 is 1.24 bits per heavy atom. The van der Waals surface area contributed by atoms with E-state index in [4.69, 9.17) is 11.6 Å². The number of halogens is 2. The summed E-state index contributed by atoms with van der Waals surface area (Å²) in [7, 11) is -3.82. The van der Waals surface area contributed by atoms with Crippen molar-refractivity contribution in [2.75, 3.05) is 5.32 Å². The predicted molar refractivity (Wildman–Crippen MR) is 95.9 cm³/mol. The average molecular weight is 385 g/mol. The van der Waals surface area contributed by atoms with Crippen molar-refractivity contribution >= 4 is 33.2 Å². The summed E-state index contributed by atoms with van der Waals surface area (Å²) < 4.78 is 41.0. The number of carbonyl (C=O) groups is 1. The molecule has 0 spiro atoms. The fourth-order valence-corrected chi connectivity index (χ4v) is 3.53. The molecule has 1 atom stereocenters. The van der Waals surface area contributed by atoms with Gasteiger partial charge < -0.3 is 5.32 Å². The molecule has 2 aromatic rings. The zero-order valence-electron chi connectivity index (χ0n) is 13.7. The molecular weight excluding hydrogens is 367 g/mol. The third kappa shape index (κ3) is 5.01. The Morgan fingerprint density at radius 3 is 2.56 bits per heavy atom. The first-order valence-electron chi connectivity index (χ1n) is 7.61. The number of amides is 1. The van der Waals surface area contributed by atoms with Gasteiger partial charge in [-0.1, -0.05) is 24.6 Å². The maximum Gasteiger partial charge on any atom is 0.255 e. The number of carbonyl (C=O) groups excluding carboxylic acids is 1. The van der Waals surface area contributed by atoms with Crippen LogP contribution in [0.3, 0.4) is 0 Å². The zero-order valence-corrected chi connectivity index (χ0v) is 15.3. The standard InChI is InChI=1S/C17H18ClFN2O3S/c1-3-11(2)21-25(23,24)14-7-8-16(15(19)10-14)20-17(22)12-5-4-6-13(18)9-12/h4-11,21H,3H2,1-2H3,(H,20,22). The van der Waals surface area contributed by atoms with E-state index >= 15 is 0 Å². The third-order valence-electron chi connectivity index (χ3n) is 3.55. The van der Waals surface area contributed by atoms with Gasteiger partial charge in [-0.05, 0) is 49.7 Å².